The molecular weight excluding hydrogens is 440 g/mol. The number of nitrogens with zero attached hydrogens (tertiary/aromatic N) is 4. The minimum atomic E-state index is -0.228. The van der Waals surface area contributed by atoms with Gasteiger partial charge in [-0.15, -0.1) is 0 Å². The maximum Gasteiger partial charge on any atom is 0.200 e. The molecule has 0 aliphatic carbocycles. The van der Waals surface area contributed by atoms with E-state index >= 15 is 0 Å². The van der Waals surface area contributed by atoms with Crippen LogP contribution in [0.4, 0.5) is 17.1 Å². The predicted octanol–water partition coefficient (Wildman–Crippen LogP) is 4.70. The Balaban J connectivity index is 1.44. The van der Waals surface area contributed by atoms with Crippen LogP contribution >= 0.6 is 0 Å². The highest BCUT2D eigenvalue weighted by molar-refractivity contribution is 5.68. The Morgan fingerprint density at radius 3 is 2.49 bits per heavy atom. The van der Waals surface area contributed by atoms with Gasteiger partial charge in [0.05, 0.1) is 13.7 Å². The van der Waals surface area contributed by atoms with Crippen molar-refractivity contribution < 1.29 is 14.2 Å². The minimum absolute atomic E-state index is 0.228. The maximum absolute atomic E-state index is 6.18. The van der Waals surface area contributed by atoms with E-state index in [1.165, 1.54) is 5.69 Å². The molecule has 2 aliphatic rings. The lowest BCUT2D eigenvalue weighted by atomic mass is 10.1. The van der Waals surface area contributed by atoms with Crippen molar-refractivity contribution >= 4 is 17.1 Å². The number of ether oxygens (including phenoxy) is 3. The van der Waals surface area contributed by atoms with Gasteiger partial charge in [0, 0.05) is 74.7 Å². The van der Waals surface area contributed by atoms with E-state index in [4.69, 9.17) is 14.2 Å². The smallest absolute Gasteiger partial charge is 0.200 e. The molecule has 0 bridgehead atoms. The number of piperazine rings is 1. The molecule has 1 atom stereocenters. The normalized spacial score (nSPS) is 18.5. The van der Waals surface area contributed by atoms with Crippen LogP contribution in [0.15, 0.2) is 67.0 Å². The first-order valence-corrected chi connectivity index (χ1v) is 12.4. The van der Waals surface area contributed by atoms with Crippen molar-refractivity contribution in [3.05, 3.63) is 72.6 Å². The molecule has 1 unspecified atom stereocenters. The van der Waals surface area contributed by atoms with E-state index in [9.17, 15) is 0 Å². The molecule has 1 aromatic heterocycles. The molecule has 0 N–H and O–H groups in total. The lowest BCUT2D eigenvalue weighted by molar-refractivity contribution is -0.0402. The van der Waals surface area contributed by atoms with Crippen molar-refractivity contribution in [3.8, 4) is 11.5 Å². The summed E-state index contributed by atoms with van der Waals surface area (Å²) in [6.45, 7) is 5.71. The summed E-state index contributed by atoms with van der Waals surface area (Å²) in [7, 11) is 3.85. The van der Waals surface area contributed by atoms with Crippen molar-refractivity contribution in [1.82, 2.24) is 9.88 Å². The summed E-state index contributed by atoms with van der Waals surface area (Å²) in [6.07, 6.45) is 5.40. The van der Waals surface area contributed by atoms with Gasteiger partial charge in [0.15, 0.2) is 17.8 Å². The molecule has 5 rings (SSSR count). The van der Waals surface area contributed by atoms with Crippen molar-refractivity contribution in [3.63, 3.8) is 0 Å². The van der Waals surface area contributed by atoms with Crippen molar-refractivity contribution in [1.29, 1.82) is 0 Å². The summed E-state index contributed by atoms with van der Waals surface area (Å²) in [6, 6.07) is 19.0. The Hall–Kier alpha value is -3.29. The van der Waals surface area contributed by atoms with Crippen molar-refractivity contribution in [2.45, 2.75) is 25.7 Å². The van der Waals surface area contributed by atoms with Crippen molar-refractivity contribution in [2.24, 2.45) is 0 Å². The number of benzene rings is 2. The zero-order valence-corrected chi connectivity index (χ0v) is 20.6. The molecule has 0 radical (unpaired) electrons. The first-order chi connectivity index (χ1) is 17.2. The van der Waals surface area contributed by atoms with Gasteiger partial charge >= 0.3 is 0 Å². The Morgan fingerprint density at radius 1 is 1.00 bits per heavy atom. The highest BCUT2D eigenvalue weighted by atomic mass is 16.7. The molecule has 2 saturated heterocycles. The molecule has 7 nitrogen and oxygen atoms in total. The van der Waals surface area contributed by atoms with Crippen LogP contribution in [0.2, 0.25) is 0 Å². The summed E-state index contributed by atoms with van der Waals surface area (Å²) in [5.74, 6) is 1.40. The van der Waals surface area contributed by atoms with Crippen LogP contribution in [0.3, 0.4) is 0 Å². The fourth-order valence-corrected chi connectivity index (χ4v) is 4.62. The fourth-order valence-electron chi connectivity index (χ4n) is 4.62. The van der Waals surface area contributed by atoms with Crippen molar-refractivity contribution in [2.75, 3.05) is 56.7 Å². The molecule has 7 heteroatoms. The van der Waals surface area contributed by atoms with Crippen LogP contribution in [0.25, 0.3) is 0 Å². The fraction of sp³-hybridized carbons (Fsp3) is 0.393. The highest BCUT2D eigenvalue weighted by Gasteiger charge is 2.21. The molecule has 2 fully saturated rings. The average Bonchev–Trinajstić information content (AvgIpc) is 3.42. The van der Waals surface area contributed by atoms with E-state index in [1.807, 2.05) is 24.4 Å². The summed E-state index contributed by atoms with van der Waals surface area (Å²) >= 11 is 0. The van der Waals surface area contributed by atoms with Crippen LogP contribution in [0, 0.1) is 0 Å². The topological polar surface area (TPSA) is 50.3 Å². The second-order valence-corrected chi connectivity index (χ2v) is 9.15. The molecule has 35 heavy (non-hydrogen) atoms. The first kappa shape index (κ1) is 23.5. The number of pyridine rings is 1. The van der Waals surface area contributed by atoms with Gasteiger partial charge in [0.25, 0.3) is 0 Å². The van der Waals surface area contributed by atoms with Gasteiger partial charge in [0.1, 0.15) is 0 Å². The zero-order valence-electron chi connectivity index (χ0n) is 20.6. The molecule has 184 valence electrons. The molecule has 0 amide bonds. The van der Waals surface area contributed by atoms with Crippen LogP contribution in [0.5, 0.6) is 11.5 Å². The third kappa shape index (κ3) is 5.69. The van der Waals surface area contributed by atoms with E-state index < -0.39 is 0 Å². The molecule has 2 aromatic carbocycles. The average molecular weight is 475 g/mol. The molecule has 3 heterocycles. The Morgan fingerprint density at radius 2 is 1.80 bits per heavy atom. The van der Waals surface area contributed by atoms with E-state index in [0.29, 0.717) is 18.0 Å². The number of rotatable bonds is 8. The van der Waals surface area contributed by atoms with Gasteiger partial charge in [-0.3, -0.25) is 4.98 Å². The lowest BCUT2D eigenvalue weighted by Gasteiger charge is -2.34. The van der Waals surface area contributed by atoms with Gasteiger partial charge in [-0.1, -0.05) is 6.07 Å². The first-order valence-electron chi connectivity index (χ1n) is 12.4. The van der Waals surface area contributed by atoms with Gasteiger partial charge in [-0.05, 0) is 61.5 Å². The second-order valence-electron chi connectivity index (χ2n) is 9.15. The Labute approximate surface area is 207 Å². The van der Waals surface area contributed by atoms with Gasteiger partial charge in [-0.25, -0.2) is 0 Å². The van der Waals surface area contributed by atoms with Gasteiger partial charge in [-0.2, -0.15) is 0 Å². The van der Waals surface area contributed by atoms with Crippen LogP contribution in [0.1, 0.15) is 18.4 Å². The van der Waals surface area contributed by atoms with E-state index in [2.05, 4.69) is 63.1 Å². The van der Waals surface area contributed by atoms with Crippen LogP contribution in [-0.4, -0.2) is 63.1 Å². The van der Waals surface area contributed by atoms with Crippen LogP contribution < -0.4 is 19.3 Å². The molecule has 3 aromatic rings. The third-order valence-electron chi connectivity index (χ3n) is 6.70. The molecule has 0 saturated carbocycles. The van der Waals surface area contributed by atoms with Crippen LogP contribution in [-0.2, 0) is 11.3 Å². The number of hydrogen-bond donors (Lipinski definition) is 0. The summed E-state index contributed by atoms with van der Waals surface area (Å²) in [5, 5.41) is 0. The second kappa shape index (κ2) is 11.0. The number of likely N-dealkylation sites (N-methyl/N-ethyl adjacent to an activating group) is 1. The quantitative estimate of drug-likeness (QED) is 0.469. The number of aromatic nitrogens is 1. The molecule has 2 aliphatic heterocycles. The number of anilines is 3. The monoisotopic (exact) mass is 474 g/mol. The molecular formula is C28H34N4O3. The van der Waals surface area contributed by atoms with E-state index in [1.54, 1.807) is 13.3 Å². The SMILES string of the molecule is COc1ccc(N(Cc2cccnc2)c2ccc(N3CCN(C)CC3)cc2)cc1OC1CCCO1. The largest absolute Gasteiger partial charge is 0.493 e. The summed E-state index contributed by atoms with van der Waals surface area (Å²) < 4.78 is 17.5. The van der Waals surface area contributed by atoms with Gasteiger partial charge < -0.3 is 28.9 Å². The zero-order chi connectivity index (χ0) is 24.0. The summed E-state index contributed by atoms with van der Waals surface area (Å²) in [5.41, 5.74) is 4.53. The highest BCUT2D eigenvalue weighted by Crippen LogP contribution is 2.37. The Bertz CT molecular complexity index is 1080. The predicted molar refractivity (Wildman–Crippen MR) is 139 cm³/mol. The number of methoxy groups -OCH3 is 1. The van der Waals surface area contributed by atoms with E-state index in [-0.39, 0.29) is 6.29 Å². The van der Waals surface area contributed by atoms with Gasteiger partial charge in [0.2, 0.25) is 0 Å². The molecule has 0 spiro atoms. The number of hydrogen-bond acceptors (Lipinski definition) is 7. The minimum Gasteiger partial charge on any atom is -0.493 e. The lowest BCUT2D eigenvalue weighted by Crippen LogP contribution is -2.44. The standard InChI is InChI=1S/C28H34N4O3/c1-30-14-16-31(17-15-30)23-7-9-24(10-8-23)32(21-22-5-3-13-29-20-22)25-11-12-26(33-2)27(19-25)35-28-6-4-18-34-28/h3,5,7-13,19-20,28H,4,6,14-18,21H2,1-2H3. The summed E-state index contributed by atoms with van der Waals surface area (Å²) in [4.78, 5) is 11.4. The third-order valence-corrected chi connectivity index (χ3v) is 6.70. The maximum atomic E-state index is 6.18. The van der Waals surface area contributed by atoms with E-state index in [0.717, 1.165) is 62.6 Å². The Kier molecular flexibility index (Phi) is 7.35.